The van der Waals surface area contributed by atoms with Gasteiger partial charge in [0.1, 0.15) is 5.56 Å². The molecule has 0 radical (unpaired) electrons. The fraction of sp³-hybridized carbons (Fsp3) is 0.381. The molecule has 1 aromatic heterocycles. The molecular weight excluding hydrogens is 342 g/mol. The molecule has 1 fully saturated rings. The first kappa shape index (κ1) is 18.9. The van der Waals surface area contributed by atoms with Gasteiger partial charge in [0.2, 0.25) is 5.88 Å². The molecular formula is C21H25N3O3. The molecule has 0 spiro atoms. The number of anilines is 1. The van der Waals surface area contributed by atoms with Crippen LogP contribution in [-0.2, 0) is 0 Å². The van der Waals surface area contributed by atoms with E-state index in [-0.39, 0.29) is 23.7 Å². The normalized spacial score (nSPS) is 16.7. The highest BCUT2D eigenvalue weighted by molar-refractivity contribution is 6.06. The first-order chi connectivity index (χ1) is 13.0. The van der Waals surface area contributed by atoms with Gasteiger partial charge < -0.3 is 15.0 Å². The van der Waals surface area contributed by atoms with Crippen LogP contribution < -0.4 is 10.1 Å². The maximum Gasteiger partial charge on any atom is 0.261 e. The second kappa shape index (κ2) is 8.20. The number of amides is 2. The van der Waals surface area contributed by atoms with Gasteiger partial charge in [-0.15, -0.1) is 0 Å². The Bertz CT molecular complexity index is 850. The molecule has 1 N–H and O–H groups in total. The van der Waals surface area contributed by atoms with Crippen LogP contribution in [0.2, 0.25) is 0 Å². The summed E-state index contributed by atoms with van der Waals surface area (Å²) in [5.41, 5.74) is 2.51. The largest absolute Gasteiger partial charge is 0.480 e. The number of methoxy groups -OCH3 is 1. The zero-order valence-electron chi connectivity index (χ0n) is 16.0. The molecule has 1 atom stereocenters. The molecule has 142 valence electrons. The van der Waals surface area contributed by atoms with Crippen molar-refractivity contribution in [2.24, 2.45) is 0 Å². The van der Waals surface area contributed by atoms with E-state index < -0.39 is 0 Å². The number of nitrogens with one attached hydrogen (secondary N) is 1. The molecule has 27 heavy (non-hydrogen) atoms. The summed E-state index contributed by atoms with van der Waals surface area (Å²) in [6, 6.07) is 8.99. The lowest BCUT2D eigenvalue weighted by Crippen LogP contribution is -2.42. The second-order valence-electron chi connectivity index (χ2n) is 6.89. The molecule has 1 aliphatic heterocycles. The lowest BCUT2D eigenvalue weighted by molar-refractivity contribution is 0.0635. The second-order valence-corrected chi connectivity index (χ2v) is 6.89. The number of hydrogen-bond donors (Lipinski definition) is 1. The van der Waals surface area contributed by atoms with Crippen LogP contribution in [0.15, 0.2) is 36.5 Å². The van der Waals surface area contributed by atoms with Gasteiger partial charge in [-0.2, -0.15) is 0 Å². The van der Waals surface area contributed by atoms with Crippen molar-refractivity contribution in [1.82, 2.24) is 9.88 Å². The molecule has 0 aliphatic carbocycles. The summed E-state index contributed by atoms with van der Waals surface area (Å²) in [7, 11) is 1.48. The molecule has 1 aliphatic rings. The zero-order chi connectivity index (χ0) is 19.4. The number of aromatic nitrogens is 1. The summed E-state index contributed by atoms with van der Waals surface area (Å²) in [5.74, 6) is 0.0300. The summed E-state index contributed by atoms with van der Waals surface area (Å²) in [5, 5.41) is 2.87. The van der Waals surface area contributed by atoms with Crippen molar-refractivity contribution in [1.29, 1.82) is 0 Å². The van der Waals surface area contributed by atoms with Gasteiger partial charge in [-0.25, -0.2) is 4.98 Å². The van der Waals surface area contributed by atoms with Crippen molar-refractivity contribution in [3.8, 4) is 5.88 Å². The number of benzene rings is 1. The van der Waals surface area contributed by atoms with Gasteiger partial charge in [0.15, 0.2) is 0 Å². The van der Waals surface area contributed by atoms with E-state index in [1.807, 2.05) is 17.9 Å². The highest BCUT2D eigenvalue weighted by Crippen LogP contribution is 2.23. The van der Waals surface area contributed by atoms with Crippen molar-refractivity contribution in [3.63, 3.8) is 0 Å². The van der Waals surface area contributed by atoms with Gasteiger partial charge in [-0.05, 0) is 69.0 Å². The molecule has 1 aromatic carbocycles. The average molecular weight is 367 g/mol. The number of ether oxygens (including phenoxy) is 1. The lowest BCUT2D eigenvalue weighted by Gasteiger charge is -2.33. The summed E-state index contributed by atoms with van der Waals surface area (Å²) in [4.78, 5) is 31.4. The minimum absolute atomic E-state index is 0.0529. The molecule has 0 saturated carbocycles. The maximum absolute atomic E-state index is 12.8. The number of likely N-dealkylation sites (tertiary alicyclic amines) is 1. The van der Waals surface area contributed by atoms with Gasteiger partial charge in [-0.3, -0.25) is 9.59 Å². The third-order valence-electron chi connectivity index (χ3n) is 4.99. The average Bonchev–Trinajstić information content (AvgIpc) is 2.69. The van der Waals surface area contributed by atoms with Crippen LogP contribution in [0, 0.1) is 6.92 Å². The topological polar surface area (TPSA) is 71.5 Å². The van der Waals surface area contributed by atoms with Crippen molar-refractivity contribution in [2.75, 3.05) is 19.0 Å². The molecule has 6 heteroatoms. The van der Waals surface area contributed by atoms with E-state index in [1.165, 1.54) is 13.5 Å². The lowest BCUT2D eigenvalue weighted by atomic mass is 10.0. The summed E-state index contributed by atoms with van der Waals surface area (Å²) < 4.78 is 5.14. The van der Waals surface area contributed by atoms with Crippen molar-refractivity contribution >= 4 is 17.5 Å². The summed E-state index contributed by atoms with van der Waals surface area (Å²) in [6.45, 7) is 4.78. The van der Waals surface area contributed by atoms with Crippen LogP contribution in [0.5, 0.6) is 5.88 Å². The third kappa shape index (κ3) is 4.10. The Kier molecular flexibility index (Phi) is 5.74. The first-order valence-electron chi connectivity index (χ1n) is 9.23. The van der Waals surface area contributed by atoms with Gasteiger partial charge in [-0.1, -0.05) is 0 Å². The third-order valence-corrected chi connectivity index (χ3v) is 4.99. The van der Waals surface area contributed by atoms with Crippen LogP contribution in [0.25, 0.3) is 0 Å². The van der Waals surface area contributed by atoms with E-state index in [1.54, 1.807) is 30.5 Å². The van der Waals surface area contributed by atoms with E-state index in [9.17, 15) is 9.59 Å². The van der Waals surface area contributed by atoms with Crippen LogP contribution in [0.3, 0.4) is 0 Å². The highest BCUT2D eigenvalue weighted by Gasteiger charge is 2.24. The van der Waals surface area contributed by atoms with Gasteiger partial charge >= 0.3 is 0 Å². The zero-order valence-corrected chi connectivity index (χ0v) is 16.0. The Morgan fingerprint density at radius 2 is 2.07 bits per heavy atom. The van der Waals surface area contributed by atoms with E-state index in [2.05, 4.69) is 17.2 Å². The van der Waals surface area contributed by atoms with Crippen LogP contribution in [0.4, 0.5) is 5.69 Å². The predicted molar refractivity (Wildman–Crippen MR) is 104 cm³/mol. The minimum atomic E-state index is -0.299. The van der Waals surface area contributed by atoms with Gasteiger partial charge in [0.05, 0.1) is 7.11 Å². The summed E-state index contributed by atoms with van der Waals surface area (Å²) >= 11 is 0. The Labute approximate surface area is 159 Å². The Morgan fingerprint density at radius 3 is 2.78 bits per heavy atom. The molecule has 2 aromatic rings. The van der Waals surface area contributed by atoms with E-state index in [0.717, 1.165) is 24.9 Å². The van der Waals surface area contributed by atoms with Crippen molar-refractivity contribution in [3.05, 3.63) is 53.2 Å². The molecule has 2 heterocycles. The number of carbonyl (C=O) groups is 2. The number of aryl methyl sites for hydroxylation is 1. The molecule has 1 unspecified atom stereocenters. The first-order valence-corrected chi connectivity index (χ1v) is 9.23. The Morgan fingerprint density at radius 1 is 1.26 bits per heavy atom. The molecule has 1 saturated heterocycles. The Balaban J connectivity index is 1.77. The van der Waals surface area contributed by atoms with Gasteiger partial charge in [0, 0.05) is 30.0 Å². The van der Waals surface area contributed by atoms with Crippen LogP contribution in [-0.4, -0.2) is 41.4 Å². The van der Waals surface area contributed by atoms with E-state index in [4.69, 9.17) is 4.74 Å². The molecule has 0 bridgehead atoms. The molecule has 3 rings (SSSR count). The monoisotopic (exact) mass is 367 g/mol. The SMILES string of the molecule is COc1ncccc1C(=O)Nc1ccc(C(=O)N2CCCCC2C)cc1C. The quantitative estimate of drug-likeness (QED) is 0.895. The predicted octanol–water partition coefficient (Wildman–Crippen LogP) is 3.67. The number of nitrogens with zero attached hydrogens (tertiary/aromatic N) is 2. The number of pyridine rings is 1. The minimum Gasteiger partial charge on any atom is -0.480 e. The summed E-state index contributed by atoms with van der Waals surface area (Å²) in [6.07, 6.45) is 4.84. The number of carbonyl (C=O) groups excluding carboxylic acids is 2. The van der Waals surface area contributed by atoms with E-state index >= 15 is 0 Å². The fourth-order valence-electron chi connectivity index (χ4n) is 3.42. The van der Waals surface area contributed by atoms with E-state index in [0.29, 0.717) is 16.8 Å². The van der Waals surface area contributed by atoms with Gasteiger partial charge in [0.25, 0.3) is 11.8 Å². The maximum atomic E-state index is 12.8. The fourth-order valence-corrected chi connectivity index (χ4v) is 3.42. The smallest absolute Gasteiger partial charge is 0.261 e. The molecule has 6 nitrogen and oxygen atoms in total. The standard InChI is InChI=1S/C21H25N3O3/c1-14-13-16(21(26)24-12-5-4-7-15(24)2)9-10-18(14)23-19(25)17-8-6-11-22-20(17)27-3/h6,8-11,13,15H,4-5,7,12H2,1-3H3,(H,23,25). The number of piperidine rings is 1. The Hall–Kier alpha value is -2.89. The highest BCUT2D eigenvalue weighted by atomic mass is 16.5. The van der Waals surface area contributed by atoms with Crippen molar-refractivity contribution < 1.29 is 14.3 Å². The molecule has 2 amide bonds. The van der Waals surface area contributed by atoms with Crippen LogP contribution in [0.1, 0.15) is 52.5 Å². The number of hydrogen-bond acceptors (Lipinski definition) is 4. The van der Waals surface area contributed by atoms with Crippen molar-refractivity contribution in [2.45, 2.75) is 39.2 Å². The van der Waals surface area contributed by atoms with Crippen LogP contribution >= 0.6 is 0 Å². The number of rotatable bonds is 4.